The van der Waals surface area contributed by atoms with E-state index in [4.69, 9.17) is 0 Å². The number of aryl methyl sites for hydroxylation is 2. The molecule has 1 saturated carbocycles. The number of hydrogen-bond acceptors (Lipinski definition) is 3. The lowest BCUT2D eigenvalue weighted by molar-refractivity contribution is 0.280. The van der Waals surface area contributed by atoms with Gasteiger partial charge in [-0.05, 0) is 55.4 Å². The summed E-state index contributed by atoms with van der Waals surface area (Å²) in [4.78, 5) is 0.317. The molecule has 0 unspecified atom stereocenters. The standard InChI is InChI=1S/C16H25NO3S/c1-12-8-13(2)16(9-15(12)11-18)21(19,20)17(3)10-14-6-4-5-7-14/h8-9,14,18H,4-7,10-11H2,1-3H3. The zero-order valence-electron chi connectivity index (χ0n) is 13.1. The molecule has 4 nitrogen and oxygen atoms in total. The summed E-state index contributed by atoms with van der Waals surface area (Å²) in [6.07, 6.45) is 4.65. The Labute approximate surface area is 127 Å². The zero-order valence-corrected chi connectivity index (χ0v) is 13.9. The normalized spacial score (nSPS) is 16.8. The topological polar surface area (TPSA) is 57.6 Å². The molecule has 1 aromatic carbocycles. The molecule has 5 heteroatoms. The van der Waals surface area contributed by atoms with Crippen molar-refractivity contribution in [2.45, 2.75) is 51.0 Å². The Morgan fingerprint density at radius 2 is 1.81 bits per heavy atom. The fourth-order valence-electron chi connectivity index (χ4n) is 3.15. The third kappa shape index (κ3) is 3.47. The molecule has 0 spiro atoms. The van der Waals surface area contributed by atoms with Crippen LogP contribution in [0.3, 0.4) is 0 Å². The highest BCUT2D eigenvalue weighted by Crippen LogP contribution is 2.28. The van der Waals surface area contributed by atoms with Crippen LogP contribution in [0, 0.1) is 19.8 Å². The van der Waals surface area contributed by atoms with Gasteiger partial charge in [0.05, 0.1) is 11.5 Å². The van der Waals surface area contributed by atoms with Crippen molar-refractivity contribution in [1.82, 2.24) is 4.31 Å². The lowest BCUT2D eigenvalue weighted by atomic mass is 10.1. The van der Waals surface area contributed by atoms with Crippen molar-refractivity contribution in [2.75, 3.05) is 13.6 Å². The molecule has 21 heavy (non-hydrogen) atoms. The smallest absolute Gasteiger partial charge is 0.243 e. The molecule has 1 aliphatic rings. The van der Waals surface area contributed by atoms with E-state index in [1.807, 2.05) is 19.9 Å². The number of sulfonamides is 1. The van der Waals surface area contributed by atoms with Crippen LogP contribution in [0.5, 0.6) is 0 Å². The van der Waals surface area contributed by atoms with E-state index in [0.29, 0.717) is 22.9 Å². The second-order valence-electron chi connectivity index (χ2n) is 6.14. The van der Waals surface area contributed by atoms with E-state index in [9.17, 15) is 13.5 Å². The Morgan fingerprint density at radius 3 is 2.38 bits per heavy atom. The summed E-state index contributed by atoms with van der Waals surface area (Å²) in [6.45, 7) is 4.15. The molecule has 0 aromatic heterocycles. The van der Waals surface area contributed by atoms with E-state index in [0.717, 1.165) is 24.0 Å². The van der Waals surface area contributed by atoms with E-state index in [-0.39, 0.29) is 6.61 Å². The van der Waals surface area contributed by atoms with Crippen LogP contribution >= 0.6 is 0 Å². The Hall–Kier alpha value is -0.910. The molecule has 0 heterocycles. The summed E-state index contributed by atoms with van der Waals surface area (Å²) in [5, 5.41) is 9.36. The molecule has 1 N–H and O–H groups in total. The number of rotatable bonds is 5. The molecule has 2 rings (SSSR count). The highest BCUT2D eigenvalue weighted by molar-refractivity contribution is 7.89. The first kappa shape index (κ1) is 16.5. The van der Waals surface area contributed by atoms with E-state index < -0.39 is 10.0 Å². The number of nitrogens with zero attached hydrogens (tertiary/aromatic N) is 1. The van der Waals surface area contributed by atoms with E-state index >= 15 is 0 Å². The van der Waals surface area contributed by atoms with Gasteiger partial charge in [0.2, 0.25) is 10.0 Å². The quantitative estimate of drug-likeness (QED) is 0.909. The van der Waals surface area contributed by atoms with Gasteiger partial charge in [0.1, 0.15) is 0 Å². The average molecular weight is 311 g/mol. The van der Waals surface area contributed by atoms with Gasteiger partial charge in [-0.1, -0.05) is 18.9 Å². The molecule has 0 amide bonds. The predicted octanol–water partition coefficient (Wildman–Crippen LogP) is 2.61. The van der Waals surface area contributed by atoms with Gasteiger partial charge in [-0.15, -0.1) is 0 Å². The third-order valence-corrected chi connectivity index (χ3v) is 6.45. The molecule has 1 aromatic rings. The molecule has 0 radical (unpaired) electrons. The molecule has 0 bridgehead atoms. The highest BCUT2D eigenvalue weighted by Gasteiger charge is 2.27. The van der Waals surface area contributed by atoms with Crippen LogP contribution < -0.4 is 0 Å². The second kappa shape index (κ2) is 6.46. The van der Waals surface area contributed by atoms with Gasteiger partial charge in [-0.2, -0.15) is 0 Å². The maximum Gasteiger partial charge on any atom is 0.243 e. The summed E-state index contributed by atoms with van der Waals surface area (Å²) >= 11 is 0. The van der Waals surface area contributed by atoms with Crippen molar-refractivity contribution in [2.24, 2.45) is 5.92 Å². The van der Waals surface area contributed by atoms with Crippen LogP contribution in [0.25, 0.3) is 0 Å². The van der Waals surface area contributed by atoms with E-state index in [1.54, 1.807) is 13.1 Å². The molecule has 0 atom stereocenters. The summed E-state index contributed by atoms with van der Waals surface area (Å²) in [6, 6.07) is 3.45. The lowest BCUT2D eigenvalue weighted by Crippen LogP contribution is -2.31. The Bertz CT molecular complexity index is 604. The zero-order chi connectivity index (χ0) is 15.6. The van der Waals surface area contributed by atoms with Crippen LogP contribution in [0.1, 0.15) is 42.4 Å². The van der Waals surface area contributed by atoms with Gasteiger partial charge in [0, 0.05) is 13.6 Å². The number of aliphatic hydroxyl groups is 1. The van der Waals surface area contributed by atoms with Crippen molar-refractivity contribution in [3.05, 3.63) is 28.8 Å². The first-order chi connectivity index (χ1) is 9.86. The van der Waals surface area contributed by atoms with Crippen molar-refractivity contribution in [3.8, 4) is 0 Å². The molecule has 0 aliphatic heterocycles. The van der Waals surface area contributed by atoms with Crippen molar-refractivity contribution in [3.63, 3.8) is 0 Å². The fourth-order valence-corrected chi connectivity index (χ4v) is 4.65. The van der Waals surface area contributed by atoms with Crippen LogP contribution in [0.4, 0.5) is 0 Å². The molecule has 0 saturated heterocycles. The van der Waals surface area contributed by atoms with Crippen LogP contribution in [-0.2, 0) is 16.6 Å². The highest BCUT2D eigenvalue weighted by atomic mass is 32.2. The SMILES string of the molecule is Cc1cc(C)c(S(=O)(=O)N(C)CC2CCCC2)cc1CO. The first-order valence-electron chi connectivity index (χ1n) is 7.53. The lowest BCUT2D eigenvalue weighted by Gasteiger charge is -2.22. The minimum absolute atomic E-state index is 0.138. The van der Waals surface area contributed by atoms with Crippen LogP contribution in [0.15, 0.2) is 17.0 Å². The van der Waals surface area contributed by atoms with Crippen LogP contribution in [0.2, 0.25) is 0 Å². The monoisotopic (exact) mass is 311 g/mol. The molecule has 1 aliphatic carbocycles. The Morgan fingerprint density at radius 1 is 1.19 bits per heavy atom. The van der Waals surface area contributed by atoms with Crippen molar-refractivity contribution < 1.29 is 13.5 Å². The van der Waals surface area contributed by atoms with Gasteiger partial charge >= 0.3 is 0 Å². The van der Waals surface area contributed by atoms with Gasteiger partial charge in [0.15, 0.2) is 0 Å². The Balaban J connectivity index is 2.29. The third-order valence-electron chi connectivity index (χ3n) is 4.48. The molecule has 1 fully saturated rings. The van der Waals surface area contributed by atoms with Gasteiger partial charge in [-0.25, -0.2) is 12.7 Å². The minimum atomic E-state index is -3.48. The largest absolute Gasteiger partial charge is 0.392 e. The van der Waals surface area contributed by atoms with Crippen molar-refractivity contribution >= 4 is 10.0 Å². The molecular weight excluding hydrogens is 286 g/mol. The van der Waals surface area contributed by atoms with Crippen molar-refractivity contribution in [1.29, 1.82) is 0 Å². The maximum absolute atomic E-state index is 12.8. The summed E-state index contributed by atoms with van der Waals surface area (Å²) in [5.74, 6) is 0.479. The van der Waals surface area contributed by atoms with Gasteiger partial charge < -0.3 is 5.11 Å². The van der Waals surface area contributed by atoms with E-state index in [1.165, 1.54) is 17.1 Å². The number of hydrogen-bond donors (Lipinski definition) is 1. The predicted molar refractivity (Wildman–Crippen MR) is 83.6 cm³/mol. The minimum Gasteiger partial charge on any atom is -0.392 e. The fraction of sp³-hybridized carbons (Fsp3) is 0.625. The molecule has 118 valence electrons. The van der Waals surface area contributed by atoms with Crippen LogP contribution in [-0.4, -0.2) is 31.4 Å². The van der Waals surface area contributed by atoms with Gasteiger partial charge in [0.25, 0.3) is 0 Å². The number of benzene rings is 1. The summed E-state index contributed by atoms with van der Waals surface area (Å²) in [7, 11) is -1.83. The molecular formula is C16H25NO3S. The number of aliphatic hydroxyl groups excluding tert-OH is 1. The first-order valence-corrected chi connectivity index (χ1v) is 8.97. The maximum atomic E-state index is 12.8. The second-order valence-corrected chi connectivity index (χ2v) is 8.15. The summed E-state index contributed by atoms with van der Waals surface area (Å²) in [5.41, 5.74) is 2.34. The Kier molecular flexibility index (Phi) is 5.07. The van der Waals surface area contributed by atoms with Gasteiger partial charge in [-0.3, -0.25) is 0 Å². The summed E-state index contributed by atoms with van der Waals surface area (Å²) < 4.78 is 27.0. The average Bonchev–Trinajstić information content (AvgIpc) is 2.91. The van der Waals surface area contributed by atoms with E-state index in [2.05, 4.69) is 0 Å².